The number of benzene rings is 1. The first-order valence-electron chi connectivity index (χ1n) is 10.8. The van der Waals surface area contributed by atoms with E-state index in [1.54, 1.807) is 12.3 Å². The minimum atomic E-state index is -2.57. The normalized spacial score (nSPS) is 26.2. The molecule has 3 aliphatic rings. The average Bonchev–Trinajstić information content (AvgIpc) is 2.76. The molecule has 1 aromatic heterocycles. The van der Waals surface area contributed by atoms with Crippen LogP contribution in [0.2, 0.25) is 0 Å². The van der Waals surface area contributed by atoms with Crippen molar-refractivity contribution in [1.82, 2.24) is 4.98 Å². The largest absolute Gasteiger partial charge is 0.508 e. The number of aliphatic hydroxyl groups excluding tert-OH is 2. The summed E-state index contributed by atoms with van der Waals surface area (Å²) in [6.45, 7) is 1.91. The van der Waals surface area contributed by atoms with Crippen LogP contribution in [0.5, 0.6) is 5.75 Å². The molecule has 1 heterocycles. The molecule has 1 aromatic carbocycles. The van der Waals surface area contributed by atoms with E-state index in [0.717, 1.165) is 5.56 Å². The summed E-state index contributed by atoms with van der Waals surface area (Å²) < 4.78 is 0. The number of Topliss-reactive ketones (excluding diaryl/α,β-unsaturated/α-hetero) is 2. The van der Waals surface area contributed by atoms with Gasteiger partial charge in [0.15, 0.2) is 11.4 Å². The topological polar surface area (TPSA) is 171 Å². The van der Waals surface area contributed by atoms with Crippen molar-refractivity contribution in [2.24, 2.45) is 17.6 Å². The molecule has 6 N–H and O–H groups in total. The smallest absolute Gasteiger partial charge is 0.255 e. The van der Waals surface area contributed by atoms with Crippen molar-refractivity contribution in [3.05, 3.63) is 64.1 Å². The van der Waals surface area contributed by atoms with Crippen molar-refractivity contribution in [3.8, 4) is 17.0 Å². The van der Waals surface area contributed by atoms with Crippen LogP contribution in [0.25, 0.3) is 17.0 Å². The van der Waals surface area contributed by atoms with Crippen LogP contribution in [-0.2, 0) is 20.8 Å². The Morgan fingerprint density at radius 2 is 1.88 bits per heavy atom. The van der Waals surface area contributed by atoms with Crippen LogP contribution in [0.1, 0.15) is 29.5 Å². The number of nitrogens with two attached hydrogens (primary N) is 1. The molecule has 1 saturated carbocycles. The number of hydrogen-bond donors (Lipinski definition) is 5. The van der Waals surface area contributed by atoms with Gasteiger partial charge >= 0.3 is 0 Å². The van der Waals surface area contributed by atoms with Gasteiger partial charge in [0.25, 0.3) is 5.91 Å². The van der Waals surface area contributed by atoms with Gasteiger partial charge in [-0.05, 0) is 61.1 Å². The average molecular weight is 462 g/mol. The first-order chi connectivity index (χ1) is 16.1. The Hall–Kier alpha value is -3.98. The van der Waals surface area contributed by atoms with Crippen LogP contribution >= 0.6 is 0 Å². The van der Waals surface area contributed by atoms with Gasteiger partial charge in [-0.25, -0.2) is 0 Å². The second kappa shape index (κ2) is 7.26. The van der Waals surface area contributed by atoms with Crippen LogP contribution < -0.4 is 5.73 Å². The molecule has 1 fully saturated rings. The third-order valence-corrected chi connectivity index (χ3v) is 7.14. The Bertz CT molecular complexity index is 1370. The van der Waals surface area contributed by atoms with Crippen molar-refractivity contribution in [2.75, 3.05) is 0 Å². The molecule has 0 aliphatic heterocycles. The lowest BCUT2D eigenvalue weighted by molar-refractivity contribution is -0.147. The van der Waals surface area contributed by atoms with E-state index in [2.05, 4.69) is 4.98 Å². The predicted octanol–water partition coefficient (Wildman–Crippen LogP) is 1.79. The number of carbonyl (C=O) groups is 3. The maximum absolute atomic E-state index is 13.5. The Balaban J connectivity index is 1.71. The lowest BCUT2D eigenvalue weighted by atomic mass is 9.59. The van der Waals surface area contributed by atoms with Crippen LogP contribution in [0.15, 0.2) is 47.4 Å². The summed E-state index contributed by atoms with van der Waals surface area (Å²) in [4.78, 5) is 42.1. The fourth-order valence-corrected chi connectivity index (χ4v) is 5.54. The number of primary amides is 1. The van der Waals surface area contributed by atoms with Crippen LogP contribution in [0, 0.1) is 18.8 Å². The number of phenols is 1. The number of hydrogen-bond acceptors (Lipinski definition) is 8. The van der Waals surface area contributed by atoms with Crippen molar-refractivity contribution < 1.29 is 34.8 Å². The van der Waals surface area contributed by atoms with Gasteiger partial charge in [0.05, 0.1) is 11.3 Å². The van der Waals surface area contributed by atoms with Crippen LogP contribution in [-0.4, -0.2) is 48.5 Å². The van der Waals surface area contributed by atoms with Crippen molar-refractivity contribution in [1.29, 1.82) is 0 Å². The van der Waals surface area contributed by atoms with E-state index in [9.17, 15) is 34.8 Å². The molecule has 0 bridgehead atoms. The van der Waals surface area contributed by atoms with E-state index in [4.69, 9.17) is 5.73 Å². The lowest BCUT2D eigenvalue weighted by Crippen LogP contribution is -2.58. The number of aliphatic hydroxyl groups is 3. The molecule has 34 heavy (non-hydrogen) atoms. The second-order valence-electron chi connectivity index (χ2n) is 9.11. The molecule has 9 nitrogen and oxygen atoms in total. The number of aromatic nitrogens is 1. The summed E-state index contributed by atoms with van der Waals surface area (Å²) in [6, 6.07) is 6.78. The van der Waals surface area contributed by atoms with E-state index in [1.165, 1.54) is 6.07 Å². The monoisotopic (exact) mass is 462 g/mol. The molecule has 1 amide bonds. The predicted molar refractivity (Wildman–Crippen MR) is 119 cm³/mol. The van der Waals surface area contributed by atoms with Gasteiger partial charge in [-0.1, -0.05) is 0 Å². The second-order valence-corrected chi connectivity index (χ2v) is 9.11. The Morgan fingerprint density at radius 3 is 2.56 bits per heavy atom. The number of nitrogens with zero attached hydrogens (tertiary/aromatic N) is 1. The van der Waals surface area contributed by atoms with Gasteiger partial charge in [0.1, 0.15) is 22.8 Å². The van der Waals surface area contributed by atoms with Gasteiger partial charge < -0.3 is 26.2 Å². The highest BCUT2D eigenvalue weighted by Crippen LogP contribution is 2.52. The van der Waals surface area contributed by atoms with Crippen LogP contribution in [0.3, 0.4) is 0 Å². The molecule has 9 heteroatoms. The number of fused-ring (bicyclic) bond motifs is 3. The number of carbonyl (C=O) groups excluding carboxylic acids is 3. The highest BCUT2D eigenvalue weighted by atomic mass is 16.3. The molecule has 0 spiro atoms. The minimum absolute atomic E-state index is 0.0490. The molecular formula is C25H22N2O7. The van der Waals surface area contributed by atoms with E-state index in [-0.39, 0.29) is 36.1 Å². The lowest BCUT2D eigenvalue weighted by Gasteiger charge is -2.46. The summed E-state index contributed by atoms with van der Waals surface area (Å²) in [7, 11) is 0. The highest BCUT2D eigenvalue weighted by Gasteiger charge is 2.60. The third kappa shape index (κ3) is 2.83. The third-order valence-electron chi connectivity index (χ3n) is 7.14. The number of aryl methyl sites for hydroxylation is 1. The summed E-state index contributed by atoms with van der Waals surface area (Å²) in [5.74, 6) is -6.46. The zero-order valence-corrected chi connectivity index (χ0v) is 18.2. The first-order valence-corrected chi connectivity index (χ1v) is 10.8. The van der Waals surface area contributed by atoms with Crippen molar-refractivity contribution in [3.63, 3.8) is 0 Å². The first kappa shape index (κ1) is 21.8. The Labute approximate surface area is 193 Å². The van der Waals surface area contributed by atoms with E-state index in [0.29, 0.717) is 16.8 Å². The van der Waals surface area contributed by atoms with Gasteiger partial charge in [-0.2, -0.15) is 0 Å². The molecule has 0 unspecified atom stereocenters. The maximum atomic E-state index is 13.5. The molecule has 0 saturated heterocycles. The van der Waals surface area contributed by atoms with E-state index >= 15 is 0 Å². The van der Waals surface area contributed by atoms with Gasteiger partial charge in [0.2, 0.25) is 5.78 Å². The Morgan fingerprint density at radius 1 is 1.15 bits per heavy atom. The zero-order valence-electron chi connectivity index (χ0n) is 18.2. The number of rotatable bonds is 2. The quantitative estimate of drug-likeness (QED) is 0.420. The number of amides is 1. The van der Waals surface area contributed by atoms with Crippen molar-refractivity contribution in [2.45, 2.75) is 31.8 Å². The van der Waals surface area contributed by atoms with Gasteiger partial charge in [0, 0.05) is 29.7 Å². The fraction of sp³-hybridized carbons (Fsp3) is 0.280. The molecule has 3 atom stereocenters. The summed E-state index contributed by atoms with van der Waals surface area (Å²) in [5, 5.41) is 43.6. The molecule has 0 radical (unpaired) electrons. The van der Waals surface area contributed by atoms with Gasteiger partial charge in [-0.15, -0.1) is 0 Å². The minimum Gasteiger partial charge on any atom is -0.508 e. The van der Waals surface area contributed by atoms with E-state index < -0.39 is 52.0 Å². The van der Waals surface area contributed by atoms with E-state index in [1.807, 2.05) is 19.1 Å². The fourth-order valence-electron chi connectivity index (χ4n) is 5.54. The van der Waals surface area contributed by atoms with Crippen molar-refractivity contribution >= 4 is 23.2 Å². The summed E-state index contributed by atoms with van der Waals surface area (Å²) in [6.07, 6.45) is 1.61. The van der Waals surface area contributed by atoms with Crippen LogP contribution in [0.4, 0.5) is 0 Å². The number of phenolic OH excluding ortho intramolecular Hbond substituents is 1. The summed E-state index contributed by atoms with van der Waals surface area (Å²) >= 11 is 0. The molecular weight excluding hydrogens is 440 g/mol. The molecule has 174 valence electrons. The standard InChI is InChI=1S/C25H22N2O7/c1-10-4-5-27-15(6-10)13-2-3-16(28)19-14(13)8-11-7-12-9-17(29)20(24(26)33)23(32)25(12,34)22(31)18(11)21(19)30/h2-6,11-12,28,30,32,34H,7-9H2,1H3,(H2,26,33)/t11-,12+,25+/m1/s1. The highest BCUT2D eigenvalue weighted by molar-refractivity contribution is 6.22. The number of pyridine rings is 1. The summed E-state index contributed by atoms with van der Waals surface area (Å²) in [5.41, 5.74) is 4.56. The molecule has 3 aliphatic carbocycles. The SMILES string of the molecule is Cc1ccnc(-c2ccc(O)c3c2C[C@H]2C[C@H]4CC(=O)C(C(N)=O)=C(O)[C@@]4(O)C(=O)C2=C3O)c1. The number of ketones is 2. The molecule has 5 rings (SSSR count). The Kier molecular flexibility index (Phi) is 4.66. The molecule has 2 aromatic rings. The number of aromatic hydroxyl groups is 1. The maximum Gasteiger partial charge on any atom is 0.255 e. The van der Waals surface area contributed by atoms with Gasteiger partial charge in [-0.3, -0.25) is 19.4 Å². The zero-order chi connectivity index (χ0) is 24.5.